The largest absolute Gasteiger partial charge is 0.355 e. The molecule has 3 aromatic rings. The molecular formula is C27H26Cl4N2O2S. The molecule has 4 nitrogen and oxygen atoms in total. The average Bonchev–Trinajstić information content (AvgIpc) is 2.84. The van der Waals surface area contributed by atoms with Gasteiger partial charge < -0.3 is 10.2 Å². The summed E-state index contributed by atoms with van der Waals surface area (Å²) >= 11 is 26.2. The number of carbonyl (C=O) groups is 2. The quantitative estimate of drug-likeness (QED) is 0.257. The lowest BCUT2D eigenvalue weighted by atomic mass is 10.0. The van der Waals surface area contributed by atoms with E-state index in [1.165, 1.54) is 11.8 Å². The van der Waals surface area contributed by atoms with Gasteiger partial charge in [-0.15, -0.1) is 11.8 Å². The van der Waals surface area contributed by atoms with E-state index in [1.54, 1.807) is 35.2 Å². The summed E-state index contributed by atoms with van der Waals surface area (Å²) in [5, 5.41) is 4.93. The number of likely N-dealkylation sites (N-methyl/N-ethyl adjacent to an activating group) is 1. The molecule has 1 N–H and O–H groups in total. The van der Waals surface area contributed by atoms with Crippen molar-refractivity contribution in [3.05, 3.63) is 104 Å². The summed E-state index contributed by atoms with van der Waals surface area (Å²) in [5.74, 6) is 0.297. The maximum atomic E-state index is 13.6. The van der Waals surface area contributed by atoms with Gasteiger partial charge in [0.25, 0.3) is 0 Å². The first kappa shape index (κ1) is 28.7. The van der Waals surface area contributed by atoms with Gasteiger partial charge in [0.1, 0.15) is 6.04 Å². The van der Waals surface area contributed by atoms with Gasteiger partial charge in [0, 0.05) is 45.4 Å². The van der Waals surface area contributed by atoms with Crippen LogP contribution in [0.25, 0.3) is 0 Å². The van der Waals surface area contributed by atoms with Crippen LogP contribution in [0.5, 0.6) is 0 Å². The predicted molar refractivity (Wildman–Crippen MR) is 152 cm³/mol. The van der Waals surface area contributed by atoms with Crippen LogP contribution >= 0.6 is 58.2 Å². The second-order valence-corrected chi connectivity index (χ2v) is 10.8. The highest BCUT2D eigenvalue weighted by molar-refractivity contribution is 7.99. The lowest BCUT2D eigenvalue weighted by Crippen LogP contribution is -2.51. The van der Waals surface area contributed by atoms with Crippen molar-refractivity contribution in [2.45, 2.75) is 31.7 Å². The number of carbonyl (C=O) groups excluding carboxylic acids is 2. The number of amides is 2. The molecule has 3 aromatic carbocycles. The normalized spacial score (nSPS) is 11.7. The van der Waals surface area contributed by atoms with Gasteiger partial charge in [-0.25, -0.2) is 0 Å². The molecule has 1 unspecified atom stereocenters. The fourth-order valence-electron chi connectivity index (χ4n) is 3.65. The Labute approximate surface area is 236 Å². The third-order valence-electron chi connectivity index (χ3n) is 5.48. The van der Waals surface area contributed by atoms with Gasteiger partial charge in [-0.05, 0) is 47.9 Å². The average molecular weight is 584 g/mol. The third-order valence-corrected chi connectivity index (χ3v) is 7.62. The Balaban J connectivity index is 1.86. The van der Waals surface area contributed by atoms with Gasteiger partial charge in [0.15, 0.2) is 0 Å². The van der Waals surface area contributed by atoms with E-state index in [0.717, 1.165) is 11.1 Å². The molecule has 2 amide bonds. The summed E-state index contributed by atoms with van der Waals surface area (Å²) in [6.45, 7) is 2.48. The molecule has 0 aliphatic rings. The summed E-state index contributed by atoms with van der Waals surface area (Å²) in [6.07, 6.45) is 0.372. The van der Waals surface area contributed by atoms with E-state index in [9.17, 15) is 9.59 Å². The van der Waals surface area contributed by atoms with Crippen LogP contribution in [0.3, 0.4) is 0 Å². The Morgan fingerprint density at radius 2 is 1.50 bits per heavy atom. The van der Waals surface area contributed by atoms with Crippen LogP contribution in [0, 0.1) is 0 Å². The lowest BCUT2D eigenvalue weighted by Gasteiger charge is -2.31. The molecule has 0 aromatic heterocycles. The molecule has 0 saturated carbocycles. The van der Waals surface area contributed by atoms with E-state index >= 15 is 0 Å². The Morgan fingerprint density at radius 3 is 2.08 bits per heavy atom. The molecule has 9 heteroatoms. The van der Waals surface area contributed by atoms with Crippen molar-refractivity contribution < 1.29 is 9.59 Å². The van der Waals surface area contributed by atoms with Crippen molar-refractivity contribution in [3.8, 4) is 0 Å². The minimum absolute atomic E-state index is 0.162. The predicted octanol–water partition coefficient (Wildman–Crippen LogP) is 7.31. The van der Waals surface area contributed by atoms with Gasteiger partial charge in [0.2, 0.25) is 11.8 Å². The van der Waals surface area contributed by atoms with Crippen LogP contribution in [0.4, 0.5) is 0 Å². The molecule has 0 heterocycles. The summed E-state index contributed by atoms with van der Waals surface area (Å²) in [7, 11) is 0. The number of thioether (sulfide) groups is 1. The van der Waals surface area contributed by atoms with Crippen molar-refractivity contribution in [2.75, 3.05) is 12.3 Å². The molecule has 0 bridgehead atoms. The van der Waals surface area contributed by atoms with E-state index in [-0.39, 0.29) is 24.1 Å². The lowest BCUT2D eigenvalue weighted by molar-refractivity contribution is -0.139. The molecule has 0 spiro atoms. The molecule has 3 rings (SSSR count). The maximum Gasteiger partial charge on any atom is 0.243 e. The minimum Gasteiger partial charge on any atom is -0.355 e. The summed E-state index contributed by atoms with van der Waals surface area (Å²) in [6, 6.07) is 19.4. The van der Waals surface area contributed by atoms with E-state index in [1.807, 2.05) is 43.3 Å². The number of benzene rings is 3. The summed E-state index contributed by atoms with van der Waals surface area (Å²) < 4.78 is 0. The summed E-state index contributed by atoms with van der Waals surface area (Å²) in [4.78, 5) is 28.4. The van der Waals surface area contributed by atoms with Crippen molar-refractivity contribution >= 4 is 70.0 Å². The van der Waals surface area contributed by atoms with E-state index < -0.39 is 6.04 Å². The number of hydrogen-bond donors (Lipinski definition) is 1. The van der Waals surface area contributed by atoms with Crippen molar-refractivity contribution in [3.63, 3.8) is 0 Å². The molecule has 1 atom stereocenters. The van der Waals surface area contributed by atoms with Gasteiger partial charge in [-0.2, -0.15) is 0 Å². The van der Waals surface area contributed by atoms with Crippen LogP contribution < -0.4 is 5.32 Å². The first-order chi connectivity index (χ1) is 17.3. The first-order valence-corrected chi connectivity index (χ1v) is 14.0. The van der Waals surface area contributed by atoms with Crippen molar-refractivity contribution in [2.24, 2.45) is 0 Å². The Kier molecular flexibility index (Phi) is 11.3. The second-order valence-electron chi connectivity index (χ2n) is 8.09. The van der Waals surface area contributed by atoms with Crippen LogP contribution in [-0.4, -0.2) is 35.1 Å². The number of halogens is 4. The van der Waals surface area contributed by atoms with Crippen molar-refractivity contribution in [1.82, 2.24) is 10.2 Å². The van der Waals surface area contributed by atoms with E-state index in [4.69, 9.17) is 46.4 Å². The summed E-state index contributed by atoms with van der Waals surface area (Å²) in [5.41, 5.74) is 2.55. The number of rotatable bonds is 11. The Morgan fingerprint density at radius 1 is 0.889 bits per heavy atom. The monoisotopic (exact) mass is 582 g/mol. The Bertz CT molecular complexity index is 1190. The molecule has 0 saturated heterocycles. The fraction of sp³-hybridized carbons (Fsp3) is 0.259. The zero-order chi connectivity index (χ0) is 26.1. The highest BCUT2D eigenvalue weighted by atomic mass is 35.5. The topological polar surface area (TPSA) is 49.4 Å². The number of hydrogen-bond acceptors (Lipinski definition) is 3. The zero-order valence-electron chi connectivity index (χ0n) is 19.6. The molecule has 0 aliphatic carbocycles. The molecule has 0 radical (unpaired) electrons. The maximum absolute atomic E-state index is 13.6. The van der Waals surface area contributed by atoms with Gasteiger partial charge >= 0.3 is 0 Å². The molecular weight excluding hydrogens is 558 g/mol. The van der Waals surface area contributed by atoms with E-state index in [0.29, 0.717) is 44.4 Å². The van der Waals surface area contributed by atoms with Gasteiger partial charge in [-0.1, -0.05) is 88.9 Å². The van der Waals surface area contributed by atoms with Crippen LogP contribution in [0.1, 0.15) is 23.6 Å². The standard InChI is InChI=1S/C27H26Cl4N2O2S/c1-2-32-27(35)25(12-18-6-4-3-5-7-18)33(15-19-8-10-21(28)13-23(19)30)26(34)17-36-16-20-9-11-22(29)14-24(20)31/h3-11,13-14,25H,2,12,15-17H2,1H3,(H,32,35). The highest BCUT2D eigenvalue weighted by Gasteiger charge is 2.30. The highest BCUT2D eigenvalue weighted by Crippen LogP contribution is 2.27. The second kappa shape index (κ2) is 14.2. The van der Waals surface area contributed by atoms with Crippen LogP contribution in [0.15, 0.2) is 66.7 Å². The first-order valence-electron chi connectivity index (χ1n) is 11.3. The Hall–Kier alpha value is -1.89. The molecule has 36 heavy (non-hydrogen) atoms. The molecule has 190 valence electrons. The minimum atomic E-state index is -0.716. The smallest absolute Gasteiger partial charge is 0.243 e. The zero-order valence-corrected chi connectivity index (χ0v) is 23.5. The van der Waals surface area contributed by atoms with Crippen molar-refractivity contribution in [1.29, 1.82) is 0 Å². The van der Waals surface area contributed by atoms with Crippen LogP contribution in [0.2, 0.25) is 20.1 Å². The SMILES string of the molecule is CCNC(=O)C(Cc1ccccc1)N(Cc1ccc(Cl)cc1Cl)C(=O)CSCc1ccc(Cl)cc1Cl. The van der Waals surface area contributed by atoms with E-state index in [2.05, 4.69) is 5.32 Å². The third kappa shape index (κ3) is 8.32. The molecule has 0 aliphatic heterocycles. The van der Waals surface area contributed by atoms with Gasteiger partial charge in [-0.3, -0.25) is 9.59 Å². The fourth-order valence-corrected chi connectivity index (χ4v) is 5.59. The number of nitrogens with one attached hydrogen (secondary N) is 1. The van der Waals surface area contributed by atoms with Gasteiger partial charge in [0.05, 0.1) is 5.75 Å². The molecule has 0 fully saturated rings. The number of nitrogens with zero attached hydrogens (tertiary/aromatic N) is 1. The van der Waals surface area contributed by atoms with Crippen LogP contribution in [-0.2, 0) is 28.3 Å².